The minimum Gasteiger partial charge on any atom is -0.351 e. The molecule has 0 aliphatic carbocycles. The van der Waals surface area contributed by atoms with E-state index in [9.17, 15) is 9.59 Å². The third-order valence-electron chi connectivity index (χ3n) is 3.10. The Hall–Kier alpha value is -2.03. The van der Waals surface area contributed by atoms with E-state index in [1.807, 2.05) is 5.32 Å². The average Bonchev–Trinajstić information content (AvgIpc) is 2.90. The van der Waals surface area contributed by atoms with E-state index in [0.29, 0.717) is 33.1 Å². The number of imide groups is 1. The van der Waals surface area contributed by atoms with Gasteiger partial charge >= 0.3 is 6.03 Å². The highest BCUT2D eigenvalue weighted by molar-refractivity contribution is 8.00. The summed E-state index contributed by atoms with van der Waals surface area (Å²) >= 11 is 13.3. The fraction of sp³-hybridized carbons (Fsp3) is 0.200. The number of carbonyl (C=O) groups is 2. The molecule has 2 rings (SSSR count). The maximum atomic E-state index is 11.8. The van der Waals surface area contributed by atoms with Crippen LogP contribution in [0.25, 0.3) is 11.4 Å². The molecule has 0 aliphatic heterocycles. The number of nitrogens with two attached hydrogens (primary N) is 1. The molecule has 1 atom stereocenters. The normalized spacial score (nSPS) is 11.8. The molecule has 2 aromatic rings. The van der Waals surface area contributed by atoms with Gasteiger partial charge in [-0.05, 0) is 25.1 Å². The molecule has 25 heavy (non-hydrogen) atoms. The zero-order valence-corrected chi connectivity index (χ0v) is 15.5. The predicted octanol–water partition coefficient (Wildman–Crippen LogP) is 3.11. The van der Waals surface area contributed by atoms with Crippen LogP contribution in [0.4, 0.5) is 4.79 Å². The molecule has 0 unspecified atom stereocenters. The monoisotopic (exact) mass is 399 g/mol. The number of amides is 3. The Bertz CT molecular complexity index is 824. The molecule has 0 bridgehead atoms. The van der Waals surface area contributed by atoms with E-state index in [2.05, 4.69) is 16.8 Å². The number of primary amides is 1. The molecule has 1 aromatic carbocycles. The van der Waals surface area contributed by atoms with Gasteiger partial charge in [-0.2, -0.15) is 0 Å². The molecular formula is C15H15Cl2N5O2S. The second-order valence-corrected chi connectivity index (χ2v) is 7.09. The number of nitrogens with zero attached hydrogens (tertiary/aromatic N) is 3. The summed E-state index contributed by atoms with van der Waals surface area (Å²) in [5.41, 5.74) is 5.61. The van der Waals surface area contributed by atoms with Crippen molar-refractivity contribution in [2.75, 3.05) is 0 Å². The highest BCUT2D eigenvalue weighted by atomic mass is 35.5. The molecule has 3 N–H and O–H groups in total. The molecule has 0 saturated heterocycles. The van der Waals surface area contributed by atoms with E-state index < -0.39 is 17.2 Å². The maximum Gasteiger partial charge on any atom is 0.318 e. The van der Waals surface area contributed by atoms with Crippen molar-refractivity contribution in [2.24, 2.45) is 5.73 Å². The lowest BCUT2D eigenvalue weighted by molar-refractivity contribution is -0.119. The Balaban J connectivity index is 2.34. The van der Waals surface area contributed by atoms with Crippen molar-refractivity contribution in [3.05, 3.63) is 40.9 Å². The zero-order chi connectivity index (χ0) is 18.6. The van der Waals surface area contributed by atoms with Crippen LogP contribution in [0.2, 0.25) is 10.0 Å². The van der Waals surface area contributed by atoms with Crippen LogP contribution in [-0.2, 0) is 11.3 Å². The van der Waals surface area contributed by atoms with E-state index in [0.717, 1.165) is 11.8 Å². The van der Waals surface area contributed by atoms with Gasteiger partial charge in [-0.25, -0.2) is 4.79 Å². The summed E-state index contributed by atoms with van der Waals surface area (Å²) in [4.78, 5) is 22.6. The SMILES string of the molecule is C=CCn1c(S[C@H](C)C(=O)NC(N)=O)nnc1-c1ccc(Cl)cc1Cl. The van der Waals surface area contributed by atoms with Crippen LogP contribution < -0.4 is 11.1 Å². The van der Waals surface area contributed by atoms with Gasteiger partial charge < -0.3 is 5.73 Å². The van der Waals surface area contributed by atoms with Gasteiger partial charge in [-0.1, -0.05) is 41.0 Å². The number of aromatic nitrogens is 3. The molecule has 3 amide bonds. The summed E-state index contributed by atoms with van der Waals surface area (Å²) in [6, 6.07) is 4.15. The molecule has 10 heteroatoms. The largest absolute Gasteiger partial charge is 0.351 e. The van der Waals surface area contributed by atoms with Crippen LogP contribution in [0.3, 0.4) is 0 Å². The van der Waals surface area contributed by atoms with E-state index in [-0.39, 0.29) is 0 Å². The second-order valence-electron chi connectivity index (χ2n) is 4.94. The third kappa shape index (κ3) is 4.75. The van der Waals surface area contributed by atoms with Gasteiger partial charge in [0.1, 0.15) is 0 Å². The van der Waals surface area contributed by atoms with Crippen LogP contribution in [0.15, 0.2) is 36.0 Å². The standard InChI is InChI=1S/C15H15Cl2N5O2S/c1-3-6-22-12(10-5-4-9(16)7-11(10)17)20-21-15(22)25-8(2)13(23)19-14(18)24/h3-5,7-8H,1,6H2,2H3,(H3,18,19,23,24)/t8-/m1/s1. The van der Waals surface area contributed by atoms with Gasteiger partial charge in [0.25, 0.3) is 0 Å². The molecule has 0 spiro atoms. The first kappa shape index (κ1) is 19.3. The lowest BCUT2D eigenvalue weighted by Crippen LogP contribution is -2.39. The van der Waals surface area contributed by atoms with E-state index in [4.69, 9.17) is 28.9 Å². The van der Waals surface area contributed by atoms with Gasteiger partial charge in [-0.15, -0.1) is 16.8 Å². The Labute approximate surface area is 158 Å². The summed E-state index contributed by atoms with van der Waals surface area (Å²) in [5.74, 6) is 0.00306. The fourth-order valence-electron chi connectivity index (χ4n) is 1.97. The van der Waals surface area contributed by atoms with Crippen molar-refractivity contribution in [1.82, 2.24) is 20.1 Å². The smallest absolute Gasteiger partial charge is 0.318 e. The molecule has 7 nitrogen and oxygen atoms in total. The Morgan fingerprint density at radius 1 is 1.44 bits per heavy atom. The number of urea groups is 1. The van der Waals surface area contributed by atoms with Crippen molar-refractivity contribution in [1.29, 1.82) is 0 Å². The van der Waals surface area contributed by atoms with Crippen molar-refractivity contribution >= 4 is 46.9 Å². The van der Waals surface area contributed by atoms with E-state index in [1.54, 1.807) is 35.8 Å². The lowest BCUT2D eigenvalue weighted by Gasteiger charge is -2.12. The fourth-order valence-corrected chi connectivity index (χ4v) is 3.33. The van der Waals surface area contributed by atoms with Crippen molar-refractivity contribution in [3.8, 4) is 11.4 Å². The minimum atomic E-state index is -0.904. The Morgan fingerprint density at radius 3 is 2.76 bits per heavy atom. The number of carbonyl (C=O) groups excluding carboxylic acids is 2. The third-order valence-corrected chi connectivity index (χ3v) is 4.73. The first-order valence-electron chi connectivity index (χ1n) is 7.10. The first-order chi connectivity index (χ1) is 11.8. The number of hydrogen-bond acceptors (Lipinski definition) is 5. The quantitative estimate of drug-likeness (QED) is 0.573. The van der Waals surface area contributed by atoms with Gasteiger partial charge in [0.15, 0.2) is 11.0 Å². The summed E-state index contributed by atoms with van der Waals surface area (Å²) < 4.78 is 1.76. The van der Waals surface area contributed by atoms with Crippen molar-refractivity contribution < 1.29 is 9.59 Å². The van der Waals surface area contributed by atoms with Crippen molar-refractivity contribution in [2.45, 2.75) is 23.9 Å². The summed E-state index contributed by atoms with van der Waals surface area (Å²) in [6.07, 6.45) is 1.68. The number of halogens is 2. The van der Waals surface area contributed by atoms with Gasteiger partial charge in [0.2, 0.25) is 5.91 Å². The van der Waals surface area contributed by atoms with Crippen LogP contribution in [0.1, 0.15) is 6.92 Å². The van der Waals surface area contributed by atoms with Crippen LogP contribution >= 0.6 is 35.0 Å². The lowest BCUT2D eigenvalue weighted by atomic mass is 10.2. The van der Waals surface area contributed by atoms with Crippen LogP contribution in [-0.4, -0.2) is 32.0 Å². The number of nitrogens with one attached hydrogen (secondary N) is 1. The average molecular weight is 400 g/mol. The molecule has 1 aromatic heterocycles. The number of thioether (sulfide) groups is 1. The van der Waals surface area contributed by atoms with E-state index >= 15 is 0 Å². The molecule has 0 saturated carbocycles. The number of hydrogen-bond donors (Lipinski definition) is 2. The highest BCUT2D eigenvalue weighted by Crippen LogP contribution is 2.32. The number of rotatable bonds is 6. The number of benzene rings is 1. The second kappa shape index (κ2) is 8.37. The molecular weight excluding hydrogens is 385 g/mol. The predicted molar refractivity (Wildman–Crippen MR) is 98.7 cm³/mol. The molecule has 0 fully saturated rings. The van der Waals surface area contributed by atoms with Gasteiger partial charge in [-0.3, -0.25) is 14.7 Å². The Morgan fingerprint density at radius 2 is 2.16 bits per heavy atom. The van der Waals surface area contributed by atoms with Crippen LogP contribution in [0, 0.1) is 0 Å². The first-order valence-corrected chi connectivity index (χ1v) is 8.73. The summed E-state index contributed by atoms with van der Waals surface area (Å²) in [7, 11) is 0. The molecule has 132 valence electrons. The van der Waals surface area contributed by atoms with Gasteiger partial charge in [0, 0.05) is 17.1 Å². The highest BCUT2D eigenvalue weighted by Gasteiger charge is 2.22. The Kier molecular flexibility index (Phi) is 6.46. The number of allylic oxidation sites excluding steroid dienone is 1. The molecule has 0 radical (unpaired) electrons. The zero-order valence-electron chi connectivity index (χ0n) is 13.2. The van der Waals surface area contributed by atoms with Crippen LogP contribution in [0.5, 0.6) is 0 Å². The molecule has 1 heterocycles. The van der Waals surface area contributed by atoms with Gasteiger partial charge in [0.05, 0.1) is 10.3 Å². The summed E-state index contributed by atoms with van der Waals surface area (Å²) in [6.45, 7) is 5.76. The summed E-state index contributed by atoms with van der Waals surface area (Å²) in [5, 5.41) is 11.1. The molecule has 0 aliphatic rings. The van der Waals surface area contributed by atoms with Crippen molar-refractivity contribution in [3.63, 3.8) is 0 Å². The minimum absolute atomic E-state index is 0.410. The van der Waals surface area contributed by atoms with E-state index in [1.165, 1.54) is 0 Å². The maximum absolute atomic E-state index is 11.8. The topological polar surface area (TPSA) is 103 Å².